The second kappa shape index (κ2) is 7.09. The van der Waals surface area contributed by atoms with Gasteiger partial charge in [-0.15, -0.1) is 0 Å². The van der Waals surface area contributed by atoms with E-state index in [1.807, 2.05) is 56.3 Å². The molecule has 0 aromatic heterocycles. The van der Waals surface area contributed by atoms with E-state index in [4.69, 9.17) is 0 Å². The molecule has 0 aliphatic rings. The lowest BCUT2D eigenvalue weighted by molar-refractivity contribution is 0.0874. The molecule has 1 atom stereocenters. The topological polar surface area (TPSA) is 17.1 Å². The number of aryl methyl sites for hydroxylation is 1. The molecule has 22 heavy (non-hydrogen) atoms. The molecule has 0 aliphatic carbocycles. The minimum Gasteiger partial charge on any atom is -0.292 e. The van der Waals surface area contributed by atoms with E-state index in [-0.39, 0.29) is 5.78 Å². The summed E-state index contributed by atoms with van der Waals surface area (Å²) in [5, 5.41) is 0. The van der Waals surface area contributed by atoms with Gasteiger partial charge in [0.15, 0.2) is 5.78 Å². The van der Waals surface area contributed by atoms with E-state index in [0.29, 0.717) is 6.42 Å². The van der Waals surface area contributed by atoms with Gasteiger partial charge in [0.25, 0.3) is 0 Å². The lowest BCUT2D eigenvalue weighted by Gasteiger charge is -2.20. The zero-order valence-electron chi connectivity index (χ0n) is 13.5. The van der Waals surface area contributed by atoms with Crippen LogP contribution in [-0.2, 0) is 6.42 Å². The maximum Gasteiger partial charge on any atom is 0.180 e. The fourth-order valence-electron chi connectivity index (χ4n) is 2.25. The van der Waals surface area contributed by atoms with Crippen molar-refractivity contribution in [2.75, 3.05) is 0 Å². The number of ketones is 1. The van der Waals surface area contributed by atoms with Crippen molar-refractivity contribution < 1.29 is 4.79 Å². The minimum atomic E-state index is -0.648. The molecule has 2 aromatic rings. The van der Waals surface area contributed by atoms with E-state index in [9.17, 15) is 4.79 Å². The van der Waals surface area contributed by atoms with Gasteiger partial charge < -0.3 is 0 Å². The summed E-state index contributed by atoms with van der Waals surface area (Å²) in [6, 6.07) is 17.6. The Morgan fingerprint density at radius 3 is 2.18 bits per heavy atom. The number of carbonyl (C=O) groups excluding carboxylic acids is 1. The average molecular weight is 290 g/mol. The Kier molecular flexibility index (Phi) is 5.17. The van der Waals surface area contributed by atoms with Gasteiger partial charge >= 0.3 is 0 Å². The minimum absolute atomic E-state index is 0.0910. The molecule has 0 radical (unpaired) electrons. The normalized spacial score (nSPS) is 12.9. The van der Waals surface area contributed by atoms with E-state index in [0.717, 1.165) is 17.5 Å². The third kappa shape index (κ3) is 3.65. The van der Waals surface area contributed by atoms with Gasteiger partial charge in [-0.25, -0.2) is 0 Å². The SMILES string of the molecule is CCc1ccc(C#CC(C)(CC)C(=O)c2ccccc2)cc1. The number of hydrogen-bond acceptors (Lipinski definition) is 1. The highest BCUT2D eigenvalue weighted by atomic mass is 16.1. The lowest BCUT2D eigenvalue weighted by Crippen LogP contribution is -2.25. The highest BCUT2D eigenvalue weighted by molar-refractivity contribution is 6.02. The Morgan fingerprint density at radius 2 is 1.64 bits per heavy atom. The summed E-state index contributed by atoms with van der Waals surface area (Å²) >= 11 is 0. The Bertz CT molecular complexity index is 686. The molecule has 0 bridgehead atoms. The molecule has 2 rings (SSSR count). The molecule has 0 saturated carbocycles. The van der Waals surface area contributed by atoms with Crippen LogP contribution in [0.15, 0.2) is 54.6 Å². The Balaban J connectivity index is 2.27. The smallest absolute Gasteiger partial charge is 0.180 e. The Labute approximate surface area is 133 Å². The highest BCUT2D eigenvalue weighted by Gasteiger charge is 2.29. The van der Waals surface area contributed by atoms with Gasteiger partial charge in [-0.3, -0.25) is 4.79 Å². The molecule has 1 heteroatoms. The summed E-state index contributed by atoms with van der Waals surface area (Å²) in [6.07, 6.45) is 1.72. The third-order valence-electron chi connectivity index (χ3n) is 4.09. The summed E-state index contributed by atoms with van der Waals surface area (Å²) in [7, 11) is 0. The Hall–Kier alpha value is -2.33. The predicted molar refractivity (Wildman–Crippen MR) is 91.9 cm³/mol. The molecular weight excluding hydrogens is 268 g/mol. The number of hydrogen-bond donors (Lipinski definition) is 0. The number of carbonyl (C=O) groups is 1. The first kappa shape index (κ1) is 16.0. The number of benzene rings is 2. The highest BCUT2D eigenvalue weighted by Crippen LogP contribution is 2.26. The fourth-order valence-corrected chi connectivity index (χ4v) is 2.25. The van der Waals surface area contributed by atoms with Crippen molar-refractivity contribution in [1.82, 2.24) is 0 Å². The van der Waals surface area contributed by atoms with Crippen molar-refractivity contribution in [3.63, 3.8) is 0 Å². The number of Topliss-reactive ketones (excluding diaryl/α,β-unsaturated/α-hetero) is 1. The van der Waals surface area contributed by atoms with Gasteiger partial charge in [-0.2, -0.15) is 0 Å². The first-order valence-corrected chi connectivity index (χ1v) is 7.81. The van der Waals surface area contributed by atoms with Gasteiger partial charge in [0.2, 0.25) is 0 Å². The zero-order valence-corrected chi connectivity index (χ0v) is 13.5. The van der Waals surface area contributed by atoms with E-state index in [2.05, 4.69) is 30.9 Å². The van der Waals surface area contributed by atoms with Gasteiger partial charge in [-0.1, -0.05) is 68.2 Å². The van der Waals surface area contributed by atoms with Crippen LogP contribution in [0.3, 0.4) is 0 Å². The summed E-state index contributed by atoms with van der Waals surface area (Å²) in [5.41, 5.74) is 2.33. The standard InChI is InChI=1S/C21H22O/c1-4-17-11-13-18(14-12-17)15-16-21(3,5-2)20(22)19-9-7-6-8-10-19/h6-14H,4-5H2,1-3H3. The summed E-state index contributed by atoms with van der Waals surface area (Å²) in [5.74, 6) is 6.46. The van der Waals surface area contributed by atoms with Gasteiger partial charge in [0.05, 0.1) is 5.41 Å². The summed E-state index contributed by atoms with van der Waals surface area (Å²) in [6.45, 7) is 6.07. The van der Waals surface area contributed by atoms with Crippen molar-refractivity contribution in [3.8, 4) is 11.8 Å². The van der Waals surface area contributed by atoms with Gasteiger partial charge in [0, 0.05) is 11.1 Å². The largest absolute Gasteiger partial charge is 0.292 e. The van der Waals surface area contributed by atoms with Crippen molar-refractivity contribution in [3.05, 3.63) is 71.3 Å². The van der Waals surface area contributed by atoms with Crippen molar-refractivity contribution in [2.45, 2.75) is 33.6 Å². The van der Waals surface area contributed by atoms with Crippen LogP contribution in [0, 0.1) is 17.3 Å². The number of rotatable bonds is 4. The van der Waals surface area contributed by atoms with Crippen molar-refractivity contribution in [2.24, 2.45) is 5.41 Å². The molecule has 0 fully saturated rings. The maximum atomic E-state index is 12.7. The summed E-state index contributed by atoms with van der Waals surface area (Å²) < 4.78 is 0. The van der Waals surface area contributed by atoms with Crippen LogP contribution in [0.4, 0.5) is 0 Å². The van der Waals surface area contributed by atoms with Crippen molar-refractivity contribution in [1.29, 1.82) is 0 Å². The molecule has 0 aliphatic heterocycles. The predicted octanol–water partition coefficient (Wildman–Crippen LogP) is 4.90. The van der Waals surface area contributed by atoms with Gasteiger partial charge in [0.1, 0.15) is 0 Å². The van der Waals surface area contributed by atoms with Crippen LogP contribution in [0.25, 0.3) is 0 Å². The molecule has 1 unspecified atom stereocenters. The second-order valence-corrected chi connectivity index (χ2v) is 5.68. The van der Waals surface area contributed by atoms with Crippen LogP contribution < -0.4 is 0 Å². The molecule has 1 nitrogen and oxygen atoms in total. The molecule has 0 N–H and O–H groups in total. The monoisotopic (exact) mass is 290 g/mol. The maximum absolute atomic E-state index is 12.7. The quantitative estimate of drug-likeness (QED) is 0.578. The second-order valence-electron chi connectivity index (χ2n) is 5.68. The first-order valence-electron chi connectivity index (χ1n) is 7.81. The zero-order chi connectivity index (χ0) is 16.0. The van der Waals surface area contributed by atoms with E-state index < -0.39 is 5.41 Å². The average Bonchev–Trinajstić information content (AvgIpc) is 2.60. The summed E-state index contributed by atoms with van der Waals surface area (Å²) in [4.78, 5) is 12.7. The Morgan fingerprint density at radius 1 is 1.00 bits per heavy atom. The fraction of sp³-hybridized carbons (Fsp3) is 0.286. The molecule has 2 aromatic carbocycles. The van der Waals surface area contributed by atoms with Crippen LogP contribution >= 0.6 is 0 Å². The molecular formula is C21H22O. The third-order valence-corrected chi connectivity index (χ3v) is 4.09. The van der Waals surface area contributed by atoms with E-state index in [1.165, 1.54) is 5.56 Å². The molecule has 112 valence electrons. The van der Waals surface area contributed by atoms with E-state index in [1.54, 1.807) is 0 Å². The molecule has 0 spiro atoms. The van der Waals surface area contributed by atoms with Crippen LogP contribution in [-0.4, -0.2) is 5.78 Å². The van der Waals surface area contributed by atoms with Gasteiger partial charge in [-0.05, 0) is 37.5 Å². The van der Waals surface area contributed by atoms with Crippen LogP contribution in [0.1, 0.15) is 48.7 Å². The molecule has 0 saturated heterocycles. The van der Waals surface area contributed by atoms with Crippen LogP contribution in [0.2, 0.25) is 0 Å². The first-order chi connectivity index (χ1) is 10.6. The molecule has 0 amide bonds. The van der Waals surface area contributed by atoms with Crippen molar-refractivity contribution >= 4 is 5.78 Å². The lowest BCUT2D eigenvalue weighted by atomic mass is 9.80. The molecule has 0 heterocycles. The van der Waals surface area contributed by atoms with E-state index >= 15 is 0 Å². The van der Waals surface area contributed by atoms with Crippen LogP contribution in [0.5, 0.6) is 0 Å².